The number of carboxylic acid groups (broad SMARTS) is 1. The second-order valence-corrected chi connectivity index (χ2v) is 5.42. The van der Waals surface area contributed by atoms with Gasteiger partial charge in [0.1, 0.15) is 0 Å². The van der Waals surface area contributed by atoms with Gasteiger partial charge in [0.25, 0.3) is 0 Å². The zero-order valence-corrected chi connectivity index (χ0v) is 11.5. The monoisotopic (exact) mass is 299 g/mol. The highest BCUT2D eigenvalue weighted by Gasteiger charge is 2.32. The number of anilines is 1. The van der Waals surface area contributed by atoms with Gasteiger partial charge in [0.2, 0.25) is 5.91 Å². The summed E-state index contributed by atoms with van der Waals surface area (Å²) in [5.74, 6) is -1.63. The Morgan fingerprint density at radius 2 is 2.14 bits per heavy atom. The first-order chi connectivity index (χ1) is 10.1. The number of hydrogen-bond acceptors (Lipinski definition) is 5. The smallest absolute Gasteiger partial charge is 0.357 e. The molecule has 0 fully saturated rings. The minimum Gasteiger partial charge on any atom is -0.476 e. The van der Waals surface area contributed by atoms with Gasteiger partial charge in [0, 0.05) is 12.3 Å². The molecule has 0 bridgehead atoms. The van der Waals surface area contributed by atoms with E-state index < -0.39 is 5.97 Å². The van der Waals surface area contributed by atoms with E-state index in [9.17, 15) is 9.59 Å². The average molecular weight is 299 g/mol. The molecule has 7 heteroatoms. The van der Waals surface area contributed by atoms with Crippen LogP contribution in [0.1, 0.15) is 38.8 Å². The van der Waals surface area contributed by atoms with E-state index in [2.05, 4.69) is 9.69 Å². The van der Waals surface area contributed by atoms with Crippen molar-refractivity contribution in [1.82, 2.24) is 4.37 Å². The van der Waals surface area contributed by atoms with Crippen molar-refractivity contribution in [3.8, 4) is 6.07 Å². The summed E-state index contributed by atoms with van der Waals surface area (Å²) in [6, 6.07) is 8.97. The maximum atomic E-state index is 11.8. The average Bonchev–Trinajstić information content (AvgIpc) is 2.90. The quantitative estimate of drug-likeness (QED) is 0.884. The molecule has 0 aliphatic carbocycles. The number of nitrogens with one attached hydrogen (secondary N) is 1. The number of aromatic carboxylic acids is 1. The van der Waals surface area contributed by atoms with Crippen molar-refractivity contribution in [3.63, 3.8) is 0 Å². The number of nitrogens with zero attached hydrogens (tertiary/aromatic N) is 2. The highest BCUT2D eigenvalue weighted by Crippen LogP contribution is 2.41. The first-order valence-electron chi connectivity index (χ1n) is 6.13. The lowest BCUT2D eigenvalue weighted by Crippen LogP contribution is -2.23. The molecule has 0 saturated heterocycles. The van der Waals surface area contributed by atoms with Gasteiger partial charge in [0.05, 0.1) is 22.2 Å². The Bertz CT molecular complexity index is 774. The third-order valence-electron chi connectivity index (χ3n) is 3.33. The van der Waals surface area contributed by atoms with Gasteiger partial charge in [-0.1, -0.05) is 12.1 Å². The van der Waals surface area contributed by atoms with E-state index >= 15 is 0 Å². The van der Waals surface area contributed by atoms with Gasteiger partial charge in [0.15, 0.2) is 5.69 Å². The first-order valence-corrected chi connectivity index (χ1v) is 6.90. The Morgan fingerprint density at radius 3 is 2.76 bits per heavy atom. The molecule has 0 radical (unpaired) electrons. The first kappa shape index (κ1) is 13.3. The number of nitriles is 1. The van der Waals surface area contributed by atoms with E-state index in [0.29, 0.717) is 5.56 Å². The van der Waals surface area contributed by atoms with Crippen molar-refractivity contribution >= 4 is 29.1 Å². The van der Waals surface area contributed by atoms with Crippen LogP contribution >= 0.6 is 11.5 Å². The third kappa shape index (κ3) is 2.26. The van der Waals surface area contributed by atoms with Crippen molar-refractivity contribution in [2.75, 3.05) is 5.32 Å². The molecule has 2 heterocycles. The summed E-state index contributed by atoms with van der Waals surface area (Å²) in [4.78, 5) is 23.7. The second kappa shape index (κ2) is 5.00. The summed E-state index contributed by atoms with van der Waals surface area (Å²) in [6.07, 6.45) is 0.236. The minimum absolute atomic E-state index is 0.123. The van der Waals surface area contributed by atoms with Crippen molar-refractivity contribution < 1.29 is 14.7 Å². The van der Waals surface area contributed by atoms with Gasteiger partial charge in [-0.15, -0.1) is 0 Å². The molecule has 1 aliphatic rings. The molecular weight excluding hydrogens is 290 g/mol. The molecule has 1 amide bonds. The molecule has 0 unspecified atom stereocenters. The molecule has 1 aliphatic heterocycles. The lowest BCUT2D eigenvalue weighted by atomic mass is 9.90. The van der Waals surface area contributed by atoms with Gasteiger partial charge in [-0.25, -0.2) is 4.79 Å². The molecule has 2 aromatic rings. The third-order valence-corrected chi connectivity index (χ3v) is 4.29. The van der Waals surface area contributed by atoms with E-state index in [4.69, 9.17) is 10.4 Å². The van der Waals surface area contributed by atoms with Gasteiger partial charge in [-0.2, -0.15) is 9.64 Å². The molecule has 0 spiro atoms. The number of carbonyl (C=O) groups excluding carboxylic acids is 1. The highest BCUT2D eigenvalue weighted by molar-refractivity contribution is 7.06. The summed E-state index contributed by atoms with van der Waals surface area (Å²) in [5.41, 5.74) is 1.57. The summed E-state index contributed by atoms with van der Waals surface area (Å²) in [6.45, 7) is 0. The molecule has 3 rings (SSSR count). The summed E-state index contributed by atoms with van der Waals surface area (Å²) in [5, 5.41) is 20.5. The molecule has 6 nitrogen and oxygen atoms in total. The minimum atomic E-state index is -1.16. The number of carbonyl (C=O) groups is 2. The fourth-order valence-electron chi connectivity index (χ4n) is 2.34. The Morgan fingerprint density at radius 1 is 1.43 bits per heavy atom. The predicted octanol–water partition coefficient (Wildman–Crippen LogP) is 2.19. The SMILES string of the molecule is N#Cc1ccc([C@@H]2CC(=O)Nc3c(C(=O)O)nsc32)cc1. The van der Waals surface area contributed by atoms with E-state index in [1.165, 1.54) is 0 Å². The molecule has 1 aromatic carbocycles. The lowest BCUT2D eigenvalue weighted by molar-refractivity contribution is -0.116. The molecule has 21 heavy (non-hydrogen) atoms. The molecular formula is C14H9N3O3S. The van der Waals surface area contributed by atoms with E-state index in [0.717, 1.165) is 22.0 Å². The Kier molecular flexibility index (Phi) is 3.16. The number of amides is 1. The van der Waals surface area contributed by atoms with Crippen LogP contribution in [0.4, 0.5) is 5.69 Å². The normalized spacial score (nSPS) is 16.7. The number of fused-ring (bicyclic) bond motifs is 1. The van der Waals surface area contributed by atoms with Gasteiger partial charge < -0.3 is 10.4 Å². The number of hydrogen-bond donors (Lipinski definition) is 2. The van der Waals surface area contributed by atoms with E-state index in [1.807, 2.05) is 6.07 Å². The highest BCUT2D eigenvalue weighted by atomic mass is 32.1. The summed E-state index contributed by atoms with van der Waals surface area (Å²) in [7, 11) is 0. The fourth-order valence-corrected chi connectivity index (χ4v) is 3.28. The van der Waals surface area contributed by atoms with Crippen molar-refractivity contribution in [2.24, 2.45) is 0 Å². The van der Waals surface area contributed by atoms with Crippen molar-refractivity contribution in [1.29, 1.82) is 5.26 Å². The van der Waals surface area contributed by atoms with Crippen molar-refractivity contribution in [3.05, 3.63) is 46.0 Å². The maximum Gasteiger partial charge on any atom is 0.357 e. The van der Waals surface area contributed by atoms with Crippen LogP contribution in [-0.4, -0.2) is 21.4 Å². The largest absolute Gasteiger partial charge is 0.476 e. The zero-order chi connectivity index (χ0) is 15.0. The van der Waals surface area contributed by atoms with Crippen LogP contribution in [0.15, 0.2) is 24.3 Å². The molecule has 0 saturated carbocycles. The number of rotatable bonds is 2. The summed E-state index contributed by atoms with van der Waals surface area (Å²) < 4.78 is 3.92. The van der Waals surface area contributed by atoms with E-state index in [-0.39, 0.29) is 29.6 Å². The van der Waals surface area contributed by atoms with Crippen LogP contribution < -0.4 is 5.32 Å². The van der Waals surface area contributed by atoms with Crippen molar-refractivity contribution in [2.45, 2.75) is 12.3 Å². The Balaban J connectivity index is 2.07. The zero-order valence-electron chi connectivity index (χ0n) is 10.7. The topological polar surface area (TPSA) is 103 Å². The number of aromatic nitrogens is 1. The Labute approximate surface area is 123 Å². The number of benzene rings is 1. The molecule has 2 N–H and O–H groups in total. The lowest BCUT2D eigenvalue weighted by Gasteiger charge is -2.22. The summed E-state index contributed by atoms with van der Waals surface area (Å²) >= 11 is 1.08. The van der Waals surface area contributed by atoms with Gasteiger partial charge >= 0.3 is 5.97 Å². The van der Waals surface area contributed by atoms with Crippen LogP contribution in [0, 0.1) is 11.3 Å². The fraction of sp³-hybridized carbons (Fsp3) is 0.143. The van der Waals surface area contributed by atoms with Gasteiger partial charge in [-0.3, -0.25) is 4.79 Å². The van der Waals surface area contributed by atoms with Crippen LogP contribution in [-0.2, 0) is 4.79 Å². The van der Waals surface area contributed by atoms with E-state index in [1.54, 1.807) is 24.3 Å². The molecule has 1 atom stereocenters. The Hall–Kier alpha value is -2.72. The predicted molar refractivity (Wildman–Crippen MR) is 75.3 cm³/mol. The molecule has 1 aromatic heterocycles. The maximum absolute atomic E-state index is 11.8. The van der Waals surface area contributed by atoms with Crippen LogP contribution in [0.3, 0.4) is 0 Å². The number of carboxylic acids is 1. The van der Waals surface area contributed by atoms with Crippen LogP contribution in [0.5, 0.6) is 0 Å². The van der Waals surface area contributed by atoms with Crippen LogP contribution in [0.2, 0.25) is 0 Å². The molecule has 104 valence electrons. The standard InChI is InChI=1S/C14H9N3O3S/c15-6-7-1-3-8(4-2-7)9-5-10(18)16-11-12(14(19)20)17-21-13(9)11/h1-4,9H,5H2,(H,16,18)(H,19,20)/t9-/m0/s1. The van der Waals surface area contributed by atoms with Gasteiger partial charge in [-0.05, 0) is 29.2 Å². The van der Waals surface area contributed by atoms with Crippen LogP contribution in [0.25, 0.3) is 0 Å². The second-order valence-electron chi connectivity index (χ2n) is 4.61.